The molecule has 4 nitrogen and oxygen atoms in total. The number of benzene rings is 2. The Kier molecular flexibility index (Phi) is 4.06. The number of amides is 2. The van der Waals surface area contributed by atoms with Gasteiger partial charge in [0.25, 0.3) is 5.91 Å². The first-order valence-electron chi connectivity index (χ1n) is 7.16. The maximum Gasteiger partial charge on any atom is 0.272 e. The second-order valence-corrected chi connectivity index (χ2v) is 5.42. The van der Waals surface area contributed by atoms with Gasteiger partial charge in [0, 0.05) is 5.92 Å². The number of hydrogen-bond donors (Lipinski definition) is 2. The second-order valence-electron chi connectivity index (χ2n) is 5.42. The van der Waals surface area contributed by atoms with Crippen molar-refractivity contribution in [3.05, 3.63) is 71.3 Å². The van der Waals surface area contributed by atoms with Gasteiger partial charge < -0.3 is 0 Å². The van der Waals surface area contributed by atoms with Crippen LogP contribution in [0.1, 0.15) is 28.3 Å². The molecule has 0 aromatic heterocycles. The van der Waals surface area contributed by atoms with Crippen molar-refractivity contribution >= 4 is 11.8 Å². The van der Waals surface area contributed by atoms with Crippen LogP contribution in [0.5, 0.6) is 0 Å². The molecule has 2 aromatic carbocycles. The number of nitrogens with one attached hydrogen (secondary N) is 2. The molecule has 0 heterocycles. The van der Waals surface area contributed by atoms with Gasteiger partial charge in [0.2, 0.25) is 5.91 Å². The molecule has 2 unspecified atom stereocenters. The fourth-order valence-electron chi connectivity index (χ4n) is 2.49. The van der Waals surface area contributed by atoms with Gasteiger partial charge in [0.1, 0.15) is 11.6 Å². The summed E-state index contributed by atoms with van der Waals surface area (Å²) in [5, 5.41) is 0. The summed E-state index contributed by atoms with van der Waals surface area (Å²) in [6.45, 7) is 0. The molecule has 23 heavy (non-hydrogen) atoms. The summed E-state index contributed by atoms with van der Waals surface area (Å²) < 4.78 is 26.3. The molecule has 3 rings (SSSR count). The van der Waals surface area contributed by atoms with Crippen molar-refractivity contribution < 1.29 is 18.4 Å². The summed E-state index contributed by atoms with van der Waals surface area (Å²) in [6.07, 6.45) is 0.632. The van der Waals surface area contributed by atoms with E-state index >= 15 is 0 Å². The van der Waals surface area contributed by atoms with E-state index in [1.165, 1.54) is 36.4 Å². The van der Waals surface area contributed by atoms with Crippen LogP contribution in [0.25, 0.3) is 0 Å². The van der Waals surface area contributed by atoms with Crippen LogP contribution in [-0.2, 0) is 4.79 Å². The Balaban J connectivity index is 1.54. The Bertz CT molecular complexity index is 747. The van der Waals surface area contributed by atoms with Gasteiger partial charge in [-0.15, -0.1) is 0 Å². The molecule has 2 atom stereocenters. The molecule has 2 amide bonds. The minimum absolute atomic E-state index is 0.0148. The molecule has 0 aliphatic heterocycles. The average Bonchev–Trinajstić information content (AvgIpc) is 3.34. The summed E-state index contributed by atoms with van der Waals surface area (Å²) >= 11 is 0. The zero-order valence-electron chi connectivity index (χ0n) is 12.1. The monoisotopic (exact) mass is 316 g/mol. The summed E-state index contributed by atoms with van der Waals surface area (Å²) in [5.41, 5.74) is 5.25. The summed E-state index contributed by atoms with van der Waals surface area (Å²) in [5.74, 6) is -2.30. The fourth-order valence-corrected chi connectivity index (χ4v) is 2.49. The molecule has 1 saturated carbocycles. The first-order chi connectivity index (χ1) is 11.1. The number of carbonyl (C=O) groups excluding carboxylic acids is 2. The minimum Gasteiger partial charge on any atom is -0.273 e. The van der Waals surface area contributed by atoms with Gasteiger partial charge in [-0.05, 0) is 42.2 Å². The van der Waals surface area contributed by atoms with E-state index in [4.69, 9.17) is 0 Å². The highest BCUT2D eigenvalue weighted by Crippen LogP contribution is 2.47. The zero-order chi connectivity index (χ0) is 16.4. The van der Waals surface area contributed by atoms with Crippen molar-refractivity contribution in [3.8, 4) is 0 Å². The standard InChI is InChI=1S/C17H14F2N2O2/c18-11-7-5-10(6-8-11)13-9-14(13)17(23)21-20-16(22)12-3-1-2-4-15(12)19/h1-8,13-14H,9H2,(H,20,22)(H,21,23). The molecule has 1 fully saturated rings. The lowest BCUT2D eigenvalue weighted by atomic mass is 10.1. The van der Waals surface area contributed by atoms with Gasteiger partial charge in [-0.2, -0.15) is 0 Å². The first kappa shape index (κ1) is 15.1. The SMILES string of the molecule is O=C(NNC(=O)C1CC1c1ccc(F)cc1)c1ccccc1F. The average molecular weight is 316 g/mol. The molecule has 0 radical (unpaired) electrons. The third kappa shape index (κ3) is 3.36. The molecule has 0 bridgehead atoms. The van der Waals surface area contributed by atoms with Crippen LogP contribution in [0.3, 0.4) is 0 Å². The maximum atomic E-state index is 13.4. The van der Waals surface area contributed by atoms with E-state index in [0.29, 0.717) is 6.42 Å². The van der Waals surface area contributed by atoms with Crippen molar-refractivity contribution in [2.45, 2.75) is 12.3 Å². The van der Waals surface area contributed by atoms with E-state index in [9.17, 15) is 18.4 Å². The topological polar surface area (TPSA) is 58.2 Å². The Morgan fingerprint density at radius 3 is 2.35 bits per heavy atom. The summed E-state index contributed by atoms with van der Waals surface area (Å²) in [4.78, 5) is 23.8. The van der Waals surface area contributed by atoms with Gasteiger partial charge in [-0.3, -0.25) is 20.4 Å². The smallest absolute Gasteiger partial charge is 0.272 e. The Hall–Kier alpha value is -2.76. The van der Waals surface area contributed by atoms with Gasteiger partial charge >= 0.3 is 0 Å². The van der Waals surface area contributed by atoms with Crippen LogP contribution in [-0.4, -0.2) is 11.8 Å². The maximum absolute atomic E-state index is 13.4. The Labute approximate surface area is 131 Å². The number of rotatable bonds is 3. The predicted octanol–water partition coefficient (Wildman–Crippen LogP) is 2.53. The quantitative estimate of drug-likeness (QED) is 0.855. The number of carbonyl (C=O) groups is 2. The molecule has 1 aliphatic carbocycles. The lowest BCUT2D eigenvalue weighted by Gasteiger charge is -2.08. The molecular formula is C17H14F2N2O2. The third-order valence-corrected chi connectivity index (χ3v) is 3.84. The normalized spacial score (nSPS) is 19.0. The second kappa shape index (κ2) is 6.16. The highest BCUT2D eigenvalue weighted by Gasteiger charge is 2.44. The zero-order valence-corrected chi connectivity index (χ0v) is 12.1. The highest BCUT2D eigenvalue weighted by atomic mass is 19.1. The van der Waals surface area contributed by atoms with E-state index in [0.717, 1.165) is 5.56 Å². The van der Waals surface area contributed by atoms with Gasteiger partial charge in [-0.1, -0.05) is 24.3 Å². The molecule has 2 aromatic rings. The van der Waals surface area contributed by atoms with Gasteiger partial charge in [0.15, 0.2) is 0 Å². The van der Waals surface area contributed by atoms with Crippen LogP contribution in [0, 0.1) is 17.6 Å². The largest absolute Gasteiger partial charge is 0.273 e. The number of hydrogen-bond acceptors (Lipinski definition) is 2. The molecule has 2 N–H and O–H groups in total. The lowest BCUT2D eigenvalue weighted by molar-refractivity contribution is -0.123. The van der Waals surface area contributed by atoms with Crippen molar-refractivity contribution in [1.29, 1.82) is 0 Å². The van der Waals surface area contributed by atoms with E-state index in [1.54, 1.807) is 12.1 Å². The van der Waals surface area contributed by atoms with E-state index in [2.05, 4.69) is 10.9 Å². The van der Waals surface area contributed by atoms with Crippen LogP contribution in [0.4, 0.5) is 8.78 Å². The first-order valence-corrected chi connectivity index (χ1v) is 7.16. The van der Waals surface area contributed by atoms with Crippen molar-refractivity contribution in [2.24, 2.45) is 5.92 Å². The minimum atomic E-state index is -0.713. The molecular weight excluding hydrogens is 302 g/mol. The molecule has 1 aliphatic rings. The Morgan fingerprint density at radius 1 is 0.957 bits per heavy atom. The molecule has 0 saturated heterocycles. The van der Waals surface area contributed by atoms with Crippen molar-refractivity contribution in [1.82, 2.24) is 10.9 Å². The Morgan fingerprint density at radius 2 is 1.65 bits per heavy atom. The van der Waals surface area contributed by atoms with Crippen LogP contribution < -0.4 is 10.9 Å². The van der Waals surface area contributed by atoms with Crippen LogP contribution in [0.2, 0.25) is 0 Å². The predicted molar refractivity (Wildman–Crippen MR) is 79.3 cm³/mol. The number of hydrazine groups is 1. The lowest BCUT2D eigenvalue weighted by Crippen LogP contribution is -2.42. The molecule has 118 valence electrons. The fraction of sp³-hybridized carbons (Fsp3) is 0.176. The highest BCUT2D eigenvalue weighted by molar-refractivity contribution is 5.96. The number of halogens is 2. The molecule has 0 spiro atoms. The van der Waals surface area contributed by atoms with Crippen molar-refractivity contribution in [3.63, 3.8) is 0 Å². The van der Waals surface area contributed by atoms with Gasteiger partial charge in [0.05, 0.1) is 5.56 Å². The van der Waals surface area contributed by atoms with Crippen LogP contribution in [0.15, 0.2) is 48.5 Å². The van der Waals surface area contributed by atoms with Crippen LogP contribution >= 0.6 is 0 Å². The summed E-state index contributed by atoms with van der Waals surface area (Å²) in [7, 11) is 0. The van der Waals surface area contributed by atoms with Gasteiger partial charge in [-0.25, -0.2) is 8.78 Å². The van der Waals surface area contributed by atoms with E-state index in [1.807, 2.05) is 0 Å². The molecule has 6 heteroatoms. The van der Waals surface area contributed by atoms with Crippen molar-refractivity contribution in [2.75, 3.05) is 0 Å². The van der Waals surface area contributed by atoms with E-state index < -0.39 is 11.7 Å². The summed E-state index contributed by atoms with van der Waals surface area (Å²) in [6, 6.07) is 11.5. The third-order valence-electron chi connectivity index (χ3n) is 3.84. The van der Waals surface area contributed by atoms with E-state index in [-0.39, 0.29) is 29.1 Å².